The molecule has 3 aromatic rings. The summed E-state index contributed by atoms with van der Waals surface area (Å²) in [6.07, 6.45) is 2.16. The van der Waals surface area contributed by atoms with E-state index in [2.05, 4.69) is 15.5 Å². The lowest BCUT2D eigenvalue weighted by molar-refractivity contribution is 0.377. The maximum atomic E-state index is 13.0. The average molecular weight is 477 g/mol. The zero-order valence-corrected chi connectivity index (χ0v) is 19.5. The van der Waals surface area contributed by atoms with E-state index in [-0.39, 0.29) is 11.4 Å². The van der Waals surface area contributed by atoms with E-state index < -0.39 is 10.0 Å². The molecule has 4 rings (SSSR count). The normalized spacial score (nSPS) is 14.0. The fourth-order valence-corrected chi connectivity index (χ4v) is 4.87. The van der Waals surface area contributed by atoms with Gasteiger partial charge in [-0.1, -0.05) is 30.6 Å². The molecule has 1 saturated carbocycles. The Labute approximate surface area is 192 Å². The molecule has 10 heteroatoms. The average Bonchev–Trinajstić information content (AvgIpc) is 3.53. The van der Waals surface area contributed by atoms with Crippen LogP contribution in [0, 0.1) is 0 Å². The fourth-order valence-electron chi connectivity index (χ4n) is 3.26. The Balaban J connectivity index is 1.62. The minimum Gasteiger partial charge on any atom is -0.455 e. The van der Waals surface area contributed by atoms with Crippen molar-refractivity contribution in [3.05, 3.63) is 59.2 Å². The number of hydrogen-bond donors (Lipinski definition) is 1. The standard InChI is InChI=1S/C22H25ClN4O4S/c1-3-27(4-2)32(28,29)18-11-12-20(30-17-9-7-16(23)8-10-17)19(13-18)24-14-21-25-22(26-31-21)15-5-6-15/h7-13,15,24H,3-6,14H2,1-2H3. The number of ether oxygens (including phenoxy) is 1. The van der Waals surface area contributed by atoms with Crippen molar-refractivity contribution >= 4 is 27.3 Å². The predicted molar refractivity (Wildman–Crippen MR) is 122 cm³/mol. The molecule has 1 N–H and O–H groups in total. The summed E-state index contributed by atoms with van der Waals surface area (Å²) in [7, 11) is -3.63. The first-order chi connectivity index (χ1) is 15.4. The van der Waals surface area contributed by atoms with Gasteiger partial charge in [-0.15, -0.1) is 0 Å². The molecule has 0 radical (unpaired) electrons. The van der Waals surface area contributed by atoms with E-state index >= 15 is 0 Å². The molecular formula is C22H25ClN4O4S. The zero-order chi connectivity index (χ0) is 22.7. The van der Waals surface area contributed by atoms with Crippen molar-refractivity contribution in [2.45, 2.75) is 44.0 Å². The third-order valence-electron chi connectivity index (χ3n) is 5.19. The zero-order valence-electron chi connectivity index (χ0n) is 17.9. The summed E-state index contributed by atoms with van der Waals surface area (Å²) >= 11 is 5.96. The van der Waals surface area contributed by atoms with E-state index in [4.69, 9.17) is 20.9 Å². The quantitative estimate of drug-likeness (QED) is 0.438. The molecule has 1 aliphatic carbocycles. The van der Waals surface area contributed by atoms with Crippen LogP contribution < -0.4 is 10.1 Å². The third kappa shape index (κ3) is 5.06. The van der Waals surface area contributed by atoms with Gasteiger partial charge in [0.1, 0.15) is 5.75 Å². The number of nitrogens with one attached hydrogen (secondary N) is 1. The first-order valence-electron chi connectivity index (χ1n) is 10.5. The monoisotopic (exact) mass is 476 g/mol. The molecule has 0 bridgehead atoms. The molecule has 1 fully saturated rings. The number of aromatic nitrogens is 2. The lowest BCUT2D eigenvalue weighted by Crippen LogP contribution is -2.30. The van der Waals surface area contributed by atoms with Gasteiger partial charge in [0, 0.05) is 24.0 Å². The van der Waals surface area contributed by atoms with E-state index in [1.54, 1.807) is 42.5 Å². The van der Waals surface area contributed by atoms with Gasteiger partial charge in [0.05, 0.1) is 17.1 Å². The number of anilines is 1. The van der Waals surface area contributed by atoms with Crippen LogP contribution in [0.25, 0.3) is 0 Å². The molecule has 1 aliphatic rings. The smallest absolute Gasteiger partial charge is 0.245 e. The molecule has 0 saturated heterocycles. The summed E-state index contributed by atoms with van der Waals surface area (Å²) < 4.78 is 38.8. The van der Waals surface area contributed by atoms with Crippen molar-refractivity contribution in [3.8, 4) is 11.5 Å². The number of sulfonamides is 1. The van der Waals surface area contributed by atoms with Gasteiger partial charge < -0.3 is 14.6 Å². The summed E-state index contributed by atoms with van der Waals surface area (Å²) in [4.78, 5) is 4.59. The number of rotatable bonds is 10. The molecule has 0 aliphatic heterocycles. The minimum absolute atomic E-state index is 0.177. The summed E-state index contributed by atoms with van der Waals surface area (Å²) in [6.45, 7) is 4.63. The Kier molecular flexibility index (Phi) is 6.68. The second-order valence-electron chi connectivity index (χ2n) is 7.48. The second kappa shape index (κ2) is 9.48. The van der Waals surface area contributed by atoms with E-state index in [1.165, 1.54) is 4.31 Å². The van der Waals surface area contributed by atoms with Crippen molar-refractivity contribution in [3.63, 3.8) is 0 Å². The molecule has 170 valence electrons. The van der Waals surface area contributed by atoms with Crippen LogP contribution >= 0.6 is 11.6 Å². The summed E-state index contributed by atoms with van der Waals surface area (Å²) in [5.41, 5.74) is 0.499. The fraction of sp³-hybridized carbons (Fsp3) is 0.364. The number of nitrogens with zero attached hydrogens (tertiary/aromatic N) is 3. The van der Waals surface area contributed by atoms with Gasteiger partial charge in [-0.05, 0) is 55.3 Å². The van der Waals surface area contributed by atoms with Crippen LogP contribution in [0.3, 0.4) is 0 Å². The van der Waals surface area contributed by atoms with Gasteiger partial charge in [-0.3, -0.25) is 0 Å². The van der Waals surface area contributed by atoms with Gasteiger partial charge >= 0.3 is 0 Å². The topological polar surface area (TPSA) is 97.6 Å². The summed E-state index contributed by atoms with van der Waals surface area (Å²) in [6, 6.07) is 11.7. The van der Waals surface area contributed by atoms with Crippen molar-refractivity contribution in [1.29, 1.82) is 0 Å². The van der Waals surface area contributed by atoms with Gasteiger partial charge in [0.25, 0.3) is 0 Å². The van der Waals surface area contributed by atoms with Gasteiger partial charge in [0.15, 0.2) is 11.6 Å². The molecular weight excluding hydrogens is 452 g/mol. The lowest BCUT2D eigenvalue weighted by atomic mass is 10.2. The highest BCUT2D eigenvalue weighted by Crippen LogP contribution is 2.38. The van der Waals surface area contributed by atoms with Crippen molar-refractivity contribution in [2.24, 2.45) is 0 Å². The Morgan fingerprint density at radius 2 is 1.88 bits per heavy atom. The van der Waals surface area contributed by atoms with Gasteiger partial charge in [-0.25, -0.2) is 8.42 Å². The van der Waals surface area contributed by atoms with Gasteiger partial charge in [-0.2, -0.15) is 9.29 Å². The molecule has 1 heterocycles. The van der Waals surface area contributed by atoms with Crippen LogP contribution in [0.5, 0.6) is 11.5 Å². The molecule has 32 heavy (non-hydrogen) atoms. The van der Waals surface area contributed by atoms with Crippen LogP contribution in [0.15, 0.2) is 51.9 Å². The second-order valence-corrected chi connectivity index (χ2v) is 9.85. The van der Waals surface area contributed by atoms with Crippen molar-refractivity contribution in [1.82, 2.24) is 14.4 Å². The first kappa shape index (κ1) is 22.6. The summed E-state index contributed by atoms with van der Waals surface area (Å²) in [5.74, 6) is 2.58. The molecule has 0 amide bonds. The predicted octanol–water partition coefficient (Wildman–Crippen LogP) is 5.04. The lowest BCUT2D eigenvalue weighted by Gasteiger charge is -2.20. The van der Waals surface area contributed by atoms with Crippen LogP contribution in [0.1, 0.15) is 44.3 Å². The largest absolute Gasteiger partial charge is 0.455 e. The highest BCUT2D eigenvalue weighted by atomic mass is 35.5. The highest BCUT2D eigenvalue weighted by molar-refractivity contribution is 7.89. The Morgan fingerprint density at radius 1 is 1.16 bits per heavy atom. The molecule has 1 aromatic heterocycles. The Bertz CT molecular complexity index is 1170. The molecule has 0 unspecified atom stereocenters. The van der Waals surface area contributed by atoms with Crippen LogP contribution in [-0.4, -0.2) is 36.0 Å². The first-order valence-corrected chi connectivity index (χ1v) is 12.4. The number of hydrogen-bond acceptors (Lipinski definition) is 7. The molecule has 2 aromatic carbocycles. The Hall–Kier alpha value is -2.62. The number of benzene rings is 2. The van der Waals surface area contributed by atoms with Crippen molar-refractivity contribution in [2.75, 3.05) is 18.4 Å². The third-order valence-corrected chi connectivity index (χ3v) is 7.49. The van der Waals surface area contributed by atoms with Crippen LogP contribution in [0.2, 0.25) is 5.02 Å². The van der Waals surface area contributed by atoms with Crippen LogP contribution in [-0.2, 0) is 16.6 Å². The molecule has 8 nitrogen and oxygen atoms in total. The number of halogens is 1. The highest BCUT2D eigenvalue weighted by Gasteiger charge is 2.29. The van der Waals surface area contributed by atoms with E-state index in [0.29, 0.717) is 47.1 Å². The summed E-state index contributed by atoms with van der Waals surface area (Å²) in [5, 5.41) is 7.81. The van der Waals surface area contributed by atoms with Crippen molar-refractivity contribution < 1.29 is 17.7 Å². The maximum absolute atomic E-state index is 13.0. The molecule has 0 atom stereocenters. The Morgan fingerprint density at radius 3 is 2.53 bits per heavy atom. The van der Waals surface area contributed by atoms with E-state index in [9.17, 15) is 8.42 Å². The molecule has 0 spiro atoms. The van der Waals surface area contributed by atoms with E-state index in [1.807, 2.05) is 13.8 Å². The SMILES string of the molecule is CCN(CC)S(=O)(=O)c1ccc(Oc2ccc(Cl)cc2)c(NCc2nc(C3CC3)no2)c1. The van der Waals surface area contributed by atoms with Crippen LogP contribution in [0.4, 0.5) is 5.69 Å². The minimum atomic E-state index is -3.63. The maximum Gasteiger partial charge on any atom is 0.245 e. The van der Waals surface area contributed by atoms with Gasteiger partial charge in [0.2, 0.25) is 15.9 Å². The van der Waals surface area contributed by atoms with E-state index in [0.717, 1.165) is 18.7 Å².